The topological polar surface area (TPSA) is 24.4 Å². The van der Waals surface area contributed by atoms with Gasteiger partial charge >= 0.3 is 0 Å². The lowest BCUT2D eigenvalue weighted by molar-refractivity contribution is 0.595. The maximum absolute atomic E-state index is 4.56. The highest BCUT2D eigenvalue weighted by molar-refractivity contribution is 5.85. The van der Waals surface area contributed by atoms with E-state index >= 15 is 0 Å². The zero-order valence-corrected chi connectivity index (χ0v) is 13.4. The molecule has 0 fully saturated rings. The van der Waals surface area contributed by atoms with Gasteiger partial charge in [-0.3, -0.25) is 4.99 Å². The van der Waals surface area contributed by atoms with Crippen molar-refractivity contribution in [3.63, 3.8) is 0 Å². The summed E-state index contributed by atoms with van der Waals surface area (Å²) in [5, 5.41) is 3.25. The van der Waals surface area contributed by atoms with Gasteiger partial charge in [0.25, 0.3) is 0 Å². The summed E-state index contributed by atoms with van der Waals surface area (Å²) in [7, 11) is 0. The third kappa shape index (κ3) is 5.35. The average molecular weight is 250 g/mol. The highest BCUT2D eigenvalue weighted by Gasteiger charge is 2.28. The average Bonchev–Trinajstić information content (AvgIpc) is 2.36. The lowest BCUT2D eigenvalue weighted by Gasteiger charge is -2.32. The van der Waals surface area contributed by atoms with E-state index in [1.54, 1.807) is 6.08 Å². The first-order chi connectivity index (χ1) is 8.51. The van der Waals surface area contributed by atoms with Crippen molar-refractivity contribution >= 4 is 5.84 Å². The molecule has 0 aliphatic carbocycles. The number of nitrogens with one attached hydrogen (secondary N) is 1. The predicted molar refractivity (Wildman–Crippen MR) is 85.1 cm³/mol. The molecule has 0 amide bonds. The standard InChI is InChI=1S/C12H18N2.2C2H6/c1-6-8-10-11(7-2)13-9(3)14-12(10,4)5;2*1-2/h6-8H,1H2,2-5H3,(H,13,14);2*1-2H3/b10-8+,11-7+;;. The summed E-state index contributed by atoms with van der Waals surface area (Å²) in [4.78, 5) is 4.56. The second-order valence-corrected chi connectivity index (χ2v) is 3.90. The molecule has 1 rings (SSSR count). The summed E-state index contributed by atoms with van der Waals surface area (Å²) >= 11 is 0. The maximum Gasteiger partial charge on any atom is 0.0986 e. The van der Waals surface area contributed by atoms with Crippen molar-refractivity contribution < 1.29 is 0 Å². The SMILES string of the molecule is C=C/C=C1\C(=C/C)NC(C)=NC1(C)C.CC.CC. The molecule has 18 heavy (non-hydrogen) atoms. The van der Waals surface area contributed by atoms with Crippen LogP contribution >= 0.6 is 0 Å². The van der Waals surface area contributed by atoms with E-state index in [1.807, 2.05) is 47.6 Å². The molecule has 1 aliphatic heterocycles. The van der Waals surface area contributed by atoms with E-state index in [9.17, 15) is 0 Å². The van der Waals surface area contributed by atoms with Gasteiger partial charge in [-0.05, 0) is 27.7 Å². The molecular weight excluding hydrogens is 220 g/mol. The molecule has 0 aromatic heterocycles. The third-order valence-electron chi connectivity index (χ3n) is 2.29. The van der Waals surface area contributed by atoms with Crippen LogP contribution < -0.4 is 5.32 Å². The molecule has 0 spiro atoms. The fraction of sp³-hybridized carbons (Fsp3) is 0.562. The van der Waals surface area contributed by atoms with Crippen molar-refractivity contribution in [3.8, 4) is 0 Å². The molecule has 0 radical (unpaired) electrons. The molecule has 2 heteroatoms. The van der Waals surface area contributed by atoms with Gasteiger partial charge in [0.1, 0.15) is 0 Å². The molecule has 0 aromatic carbocycles. The Labute approximate surface area is 114 Å². The monoisotopic (exact) mass is 250 g/mol. The van der Waals surface area contributed by atoms with Gasteiger partial charge in [0, 0.05) is 11.3 Å². The number of aliphatic imine (C=N–C) groups is 1. The summed E-state index contributed by atoms with van der Waals surface area (Å²) in [5.74, 6) is 0.962. The maximum atomic E-state index is 4.56. The van der Waals surface area contributed by atoms with E-state index in [2.05, 4.69) is 36.8 Å². The van der Waals surface area contributed by atoms with Crippen molar-refractivity contribution in [2.75, 3.05) is 0 Å². The molecule has 0 saturated carbocycles. The Hall–Kier alpha value is -1.31. The van der Waals surface area contributed by atoms with E-state index in [0.29, 0.717) is 0 Å². The molecule has 0 aromatic rings. The van der Waals surface area contributed by atoms with Crippen LogP contribution in [0.1, 0.15) is 55.4 Å². The minimum Gasteiger partial charge on any atom is -0.344 e. The van der Waals surface area contributed by atoms with Crippen molar-refractivity contribution in [1.29, 1.82) is 0 Å². The zero-order chi connectivity index (χ0) is 14.8. The second kappa shape index (κ2) is 9.69. The van der Waals surface area contributed by atoms with Crippen molar-refractivity contribution in [3.05, 3.63) is 36.1 Å². The number of rotatable bonds is 1. The van der Waals surface area contributed by atoms with Gasteiger partial charge in [0.05, 0.1) is 11.4 Å². The summed E-state index contributed by atoms with van der Waals surface area (Å²) in [6.45, 7) is 19.9. The molecule has 0 unspecified atom stereocenters. The first kappa shape index (κ1) is 19.0. The Morgan fingerprint density at radius 3 is 2.06 bits per heavy atom. The van der Waals surface area contributed by atoms with Gasteiger partial charge < -0.3 is 5.32 Å². The largest absolute Gasteiger partial charge is 0.344 e. The summed E-state index contributed by atoms with van der Waals surface area (Å²) in [5.41, 5.74) is 2.15. The summed E-state index contributed by atoms with van der Waals surface area (Å²) in [6, 6.07) is 0. The minimum absolute atomic E-state index is 0.161. The van der Waals surface area contributed by atoms with Gasteiger partial charge in [0.15, 0.2) is 0 Å². The quantitative estimate of drug-likeness (QED) is 0.706. The van der Waals surface area contributed by atoms with Crippen molar-refractivity contribution in [1.82, 2.24) is 5.32 Å². The lowest BCUT2D eigenvalue weighted by atomic mass is 9.89. The van der Waals surface area contributed by atoms with E-state index in [4.69, 9.17) is 0 Å². The molecule has 1 aliphatic rings. The molecule has 0 atom stereocenters. The van der Waals surface area contributed by atoms with E-state index in [0.717, 1.165) is 11.5 Å². The number of hydrogen-bond acceptors (Lipinski definition) is 2. The highest BCUT2D eigenvalue weighted by Crippen LogP contribution is 2.29. The lowest BCUT2D eigenvalue weighted by Crippen LogP contribution is -2.37. The van der Waals surface area contributed by atoms with Crippen LogP contribution in [0.4, 0.5) is 0 Å². The van der Waals surface area contributed by atoms with Gasteiger partial charge in [-0.1, -0.05) is 52.5 Å². The smallest absolute Gasteiger partial charge is 0.0986 e. The number of allylic oxidation sites excluding steroid dienone is 3. The number of nitrogens with zero attached hydrogens (tertiary/aromatic N) is 1. The van der Waals surface area contributed by atoms with E-state index < -0.39 is 0 Å². The normalized spacial score (nSPS) is 20.8. The zero-order valence-electron chi connectivity index (χ0n) is 13.4. The van der Waals surface area contributed by atoms with E-state index in [1.165, 1.54) is 5.57 Å². The minimum atomic E-state index is -0.161. The van der Waals surface area contributed by atoms with Gasteiger partial charge in [0.2, 0.25) is 0 Å². The van der Waals surface area contributed by atoms with Crippen LogP contribution in [0, 0.1) is 0 Å². The fourth-order valence-corrected chi connectivity index (χ4v) is 1.74. The molecule has 1 N–H and O–H groups in total. The van der Waals surface area contributed by atoms with Gasteiger partial charge in [-0.15, -0.1) is 0 Å². The van der Waals surface area contributed by atoms with Gasteiger partial charge in [-0.2, -0.15) is 0 Å². The van der Waals surface area contributed by atoms with Crippen molar-refractivity contribution in [2.45, 2.75) is 60.9 Å². The Balaban J connectivity index is 0. The van der Waals surface area contributed by atoms with Crippen LogP contribution in [0.15, 0.2) is 41.1 Å². The van der Waals surface area contributed by atoms with Gasteiger partial charge in [-0.25, -0.2) is 0 Å². The molecular formula is C16H30N2. The predicted octanol–water partition coefficient (Wildman–Crippen LogP) is 4.86. The van der Waals surface area contributed by atoms with Crippen LogP contribution in [0.25, 0.3) is 0 Å². The molecule has 0 saturated heterocycles. The van der Waals surface area contributed by atoms with Crippen LogP contribution in [0.3, 0.4) is 0 Å². The first-order valence-electron chi connectivity index (χ1n) is 6.84. The fourth-order valence-electron chi connectivity index (χ4n) is 1.74. The second-order valence-electron chi connectivity index (χ2n) is 3.90. The Morgan fingerprint density at radius 1 is 1.17 bits per heavy atom. The Morgan fingerprint density at radius 2 is 1.67 bits per heavy atom. The Kier molecular flexibility index (Phi) is 10.3. The molecule has 0 bridgehead atoms. The highest BCUT2D eigenvalue weighted by atomic mass is 15.1. The summed E-state index contributed by atoms with van der Waals surface area (Å²) < 4.78 is 0. The van der Waals surface area contributed by atoms with Crippen LogP contribution in [-0.2, 0) is 0 Å². The number of hydrogen-bond donors (Lipinski definition) is 1. The Bertz CT molecular complexity index is 331. The first-order valence-corrected chi connectivity index (χ1v) is 6.84. The summed E-state index contributed by atoms with van der Waals surface area (Å²) in [6.07, 6.45) is 5.88. The number of amidine groups is 1. The van der Waals surface area contributed by atoms with Crippen LogP contribution in [0.5, 0.6) is 0 Å². The van der Waals surface area contributed by atoms with Crippen LogP contribution in [0.2, 0.25) is 0 Å². The molecule has 2 nitrogen and oxygen atoms in total. The molecule has 104 valence electrons. The van der Waals surface area contributed by atoms with Crippen LogP contribution in [-0.4, -0.2) is 11.4 Å². The van der Waals surface area contributed by atoms with E-state index in [-0.39, 0.29) is 5.54 Å². The third-order valence-corrected chi connectivity index (χ3v) is 2.29. The molecule has 1 heterocycles. The van der Waals surface area contributed by atoms with Crippen molar-refractivity contribution in [2.24, 2.45) is 4.99 Å².